The molecular weight excluding hydrogens is 396 g/mol. The SMILES string of the molecule is CC(C)c1ccc([C@](O)(c2cncc(C#CC3CCC(O)CC3)c2)C2(C)CN(C)C2)cc1. The molecule has 2 aromatic rings. The molecular formula is C28H36N2O2. The van der Waals surface area contributed by atoms with Gasteiger partial charge in [0.15, 0.2) is 0 Å². The van der Waals surface area contributed by atoms with Crippen molar-refractivity contribution in [3.63, 3.8) is 0 Å². The minimum Gasteiger partial charge on any atom is -0.393 e. The van der Waals surface area contributed by atoms with Crippen LogP contribution < -0.4 is 0 Å². The maximum absolute atomic E-state index is 12.3. The number of aliphatic hydroxyl groups excluding tert-OH is 1. The van der Waals surface area contributed by atoms with Gasteiger partial charge in [-0.15, -0.1) is 0 Å². The van der Waals surface area contributed by atoms with E-state index in [1.807, 2.05) is 6.07 Å². The molecule has 170 valence electrons. The number of hydrogen-bond acceptors (Lipinski definition) is 4. The first-order valence-corrected chi connectivity index (χ1v) is 11.9. The van der Waals surface area contributed by atoms with E-state index in [0.29, 0.717) is 11.8 Å². The minimum absolute atomic E-state index is 0.170. The van der Waals surface area contributed by atoms with Crippen LogP contribution in [0, 0.1) is 23.2 Å². The Hall–Kier alpha value is -2.19. The number of aromatic nitrogens is 1. The van der Waals surface area contributed by atoms with Crippen molar-refractivity contribution >= 4 is 0 Å². The standard InChI is InChI=1S/C28H36N2O2/c1-20(2)23-9-11-24(12-10-23)28(32,27(3)18-30(4)19-27)25-15-22(16-29-17-25)6-5-21-7-13-26(31)14-8-21/h9-12,15-17,20-21,26,31-32H,7-8,13-14,18-19H2,1-4H3/t21?,26?,28-/m0/s1. The van der Waals surface area contributed by atoms with Crippen LogP contribution in [-0.2, 0) is 5.60 Å². The van der Waals surface area contributed by atoms with Crippen LogP contribution in [0.25, 0.3) is 0 Å². The average molecular weight is 433 g/mol. The fraction of sp³-hybridized carbons (Fsp3) is 0.536. The molecule has 2 aliphatic rings. The topological polar surface area (TPSA) is 56.6 Å². The fourth-order valence-corrected chi connectivity index (χ4v) is 5.46. The summed E-state index contributed by atoms with van der Waals surface area (Å²) in [6.45, 7) is 8.16. The third kappa shape index (κ3) is 4.35. The molecule has 0 amide bonds. The van der Waals surface area contributed by atoms with Gasteiger partial charge in [0.05, 0.1) is 6.10 Å². The van der Waals surface area contributed by atoms with Crippen molar-refractivity contribution in [3.05, 3.63) is 65.0 Å². The van der Waals surface area contributed by atoms with Crippen molar-refractivity contribution in [1.82, 2.24) is 9.88 Å². The van der Waals surface area contributed by atoms with E-state index in [-0.39, 0.29) is 11.5 Å². The van der Waals surface area contributed by atoms with E-state index in [2.05, 4.69) is 73.8 Å². The van der Waals surface area contributed by atoms with Crippen LogP contribution >= 0.6 is 0 Å². The number of rotatable bonds is 4. The number of hydrogen-bond donors (Lipinski definition) is 2. The van der Waals surface area contributed by atoms with E-state index in [0.717, 1.165) is 55.5 Å². The maximum Gasteiger partial charge on any atom is 0.124 e. The predicted molar refractivity (Wildman–Crippen MR) is 128 cm³/mol. The molecule has 1 aliphatic carbocycles. The van der Waals surface area contributed by atoms with Crippen LogP contribution in [0.5, 0.6) is 0 Å². The molecule has 1 saturated carbocycles. The molecule has 4 rings (SSSR count). The molecule has 4 heteroatoms. The monoisotopic (exact) mass is 432 g/mol. The van der Waals surface area contributed by atoms with Gasteiger partial charge in [-0.05, 0) is 55.8 Å². The number of aliphatic hydroxyl groups is 2. The molecule has 1 aromatic heterocycles. The highest BCUT2D eigenvalue weighted by molar-refractivity contribution is 5.44. The van der Waals surface area contributed by atoms with Gasteiger partial charge in [0, 0.05) is 47.9 Å². The quantitative estimate of drug-likeness (QED) is 0.708. The largest absolute Gasteiger partial charge is 0.393 e. The molecule has 2 fully saturated rings. The summed E-state index contributed by atoms with van der Waals surface area (Å²) in [7, 11) is 2.09. The van der Waals surface area contributed by atoms with Gasteiger partial charge in [-0.1, -0.05) is 56.9 Å². The highest BCUT2D eigenvalue weighted by Gasteiger charge is 2.55. The molecule has 4 nitrogen and oxygen atoms in total. The summed E-state index contributed by atoms with van der Waals surface area (Å²) in [5.41, 5.74) is 2.36. The zero-order valence-electron chi connectivity index (χ0n) is 19.8. The molecule has 2 heterocycles. The molecule has 1 atom stereocenters. The molecule has 1 aliphatic heterocycles. The first kappa shape index (κ1) is 23.0. The molecule has 1 saturated heterocycles. The Kier molecular flexibility index (Phi) is 6.45. The molecule has 2 N–H and O–H groups in total. The summed E-state index contributed by atoms with van der Waals surface area (Å²) < 4.78 is 0. The zero-order chi connectivity index (χ0) is 22.9. The minimum atomic E-state index is -1.14. The van der Waals surface area contributed by atoms with Crippen molar-refractivity contribution in [3.8, 4) is 11.8 Å². The normalized spacial score (nSPS) is 24.8. The number of nitrogens with zero attached hydrogens (tertiary/aromatic N) is 2. The molecule has 1 aromatic carbocycles. The second-order valence-corrected chi connectivity index (χ2v) is 10.5. The second-order valence-electron chi connectivity index (χ2n) is 10.5. The van der Waals surface area contributed by atoms with E-state index in [9.17, 15) is 10.2 Å². The van der Waals surface area contributed by atoms with E-state index in [1.165, 1.54) is 5.56 Å². The van der Waals surface area contributed by atoms with Crippen molar-refractivity contribution in [2.24, 2.45) is 11.3 Å². The van der Waals surface area contributed by atoms with Gasteiger partial charge in [-0.3, -0.25) is 4.98 Å². The molecule has 0 spiro atoms. The Balaban J connectivity index is 1.69. The van der Waals surface area contributed by atoms with E-state index >= 15 is 0 Å². The lowest BCUT2D eigenvalue weighted by Gasteiger charge is -2.55. The smallest absolute Gasteiger partial charge is 0.124 e. The van der Waals surface area contributed by atoms with Gasteiger partial charge in [0.1, 0.15) is 5.60 Å². The van der Waals surface area contributed by atoms with Crippen LogP contribution in [0.4, 0.5) is 0 Å². The molecule has 0 bridgehead atoms. The average Bonchev–Trinajstić information content (AvgIpc) is 2.77. The fourth-order valence-electron chi connectivity index (χ4n) is 5.46. The van der Waals surface area contributed by atoms with Gasteiger partial charge in [0.2, 0.25) is 0 Å². The molecule has 32 heavy (non-hydrogen) atoms. The Morgan fingerprint density at radius 2 is 1.72 bits per heavy atom. The first-order valence-electron chi connectivity index (χ1n) is 11.9. The maximum atomic E-state index is 12.3. The van der Waals surface area contributed by atoms with Crippen molar-refractivity contribution in [1.29, 1.82) is 0 Å². The summed E-state index contributed by atoms with van der Waals surface area (Å²) in [5, 5.41) is 22.0. The third-order valence-corrected chi connectivity index (χ3v) is 7.38. The van der Waals surface area contributed by atoms with Crippen LogP contribution in [-0.4, -0.2) is 46.3 Å². The Bertz CT molecular complexity index is 990. The Morgan fingerprint density at radius 3 is 2.31 bits per heavy atom. The summed E-state index contributed by atoms with van der Waals surface area (Å²) in [4.78, 5) is 6.71. The third-order valence-electron chi connectivity index (χ3n) is 7.38. The van der Waals surface area contributed by atoms with E-state index in [4.69, 9.17) is 0 Å². The Labute approximate surface area is 192 Å². The number of benzene rings is 1. The number of likely N-dealkylation sites (tertiary alicyclic amines) is 1. The van der Waals surface area contributed by atoms with Gasteiger partial charge in [0.25, 0.3) is 0 Å². The van der Waals surface area contributed by atoms with Crippen LogP contribution in [0.3, 0.4) is 0 Å². The van der Waals surface area contributed by atoms with Gasteiger partial charge in [-0.2, -0.15) is 0 Å². The lowest BCUT2D eigenvalue weighted by Crippen LogP contribution is -2.63. The second kappa shape index (κ2) is 8.98. The van der Waals surface area contributed by atoms with E-state index in [1.54, 1.807) is 12.4 Å². The summed E-state index contributed by atoms with van der Waals surface area (Å²) in [5.74, 6) is 7.45. The summed E-state index contributed by atoms with van der Waals surface area (Å²) in [6, 6.07) is 10.4. The summed E-state index contributed by atoms with van der Waals surface area (Å²) in [6.07, 6.45) is 6.95. The van der Waals surface area contributed by atoms with E-state index < -0.39 is 5.60 Å². The van der Waals surface area contributed by atoms with Crippen LogP contribution in [0.2, 0.25) is 0 Å². The van der Waals surface area contributed by atoms with Crippen molar-refractivity contribution < 1.29 is 10.2 Å². The first-order chi connectivity index (χ1) is 15.2. The van der Waals surface area contributed by atoms with Gasteiger partial charge < -0.3 is 15.1 Å². The van der Waals surface area contributed by atoms with Gasteiger partial charge >= 0.3 is 0 Å². The predicted octanol–water partition coefficient (Wildman–Crippen LogP) is 4.30. The zero-order valence-corrected chi connectivity index (χ0v) is 19.8. The lowest BCUT2D eigenvalue weighted by atomic mass is 9.62. The van der Waals surface area contributed by atoms with Crippen LogP contribution in [0.1, 0.15) is 74.6 Å². The Morgan fingerprint density at radius 1 is 1.06 bits per heavy atom. The number of pyridine rings is 1. The molecule has 0 radical (unpaired) electrons. The summed E-state index contributed by atoms with van der Waals surface area (Å²) >= 11 is 0. The van der Waals surface area contributed by atoms with Crippen molar-refractivity contribution in [2.45, 2.75) is 64.1 Å². The van der Waals surface area contributed by atoms with Crippen molar-refractivity contribution in [2.75, 3.05) is 20.1 Å². The molecule has 0 unspecified atom stereocenters. The van der Waals surface area contributed by atoms with Gasteiger partial charge in [-0.25, -0.2) is 0 Å². The lowest BCUT2D eigenvalue weighted by molar-refractivity contribution is -0.127. The highest BCUT2D eigenvalue weighted by atomic mass is 16.3. The highest BCUT2D eigenvalue weighted by Crippen LogP contribution is 2.50. The van der Waals surface area contributed by atoms with Crippen LogP contribution in [0.15, 0.2) is 42.7 Å².